The van der Waals surface area contributed by atoms with Gasteiger partial charge < -0.3 is 5.73 Å². The first-order chi connectivity index (χ1) is 8.27. The first kappa shape index (κ1) is 11.3. The van der Waals surface area contributed by atoms with Gasteiger partial charge in [0.2, 0.25) is 0 Å². The Labute approximate surface area is 104 Å². The Morgan fingerprint density at radius 2 is 1.71 bits per heavy atom. The lowest BCUT2D eigenvalue weighted by Gasteiger charge is -2.31. The van der Waals surface area contributed by atoms with Gasteiger partial charge in [-0.3, -0.25) is 0 Å². The molecule has 2 fully saturated rings. The molecule has 0 bridgehead atoms. The van der Waals surface area contributed by atoms with Crippen LogP contribution in [0.3, 0.4) is 0 Å². The van der Waals surface area contributed by atoms with E-state index in [9.17, 15) is 0 Å². The predicted octanol–water partition coefficient (Wildman–Crippen LogP) is 3.79. The van der Waals surface area contributed by atoms with Crippen LogP contribution >= 0.6 is 0 Å². The van der Waals surface area contributed by atoms with Crippen LogP contribution in [-0.4, -0.2) is 6.04 Å². The van der Waals surface area contributed by atoms with E-state index in [1.165, 1.54) is 32.1 Å². The summed E-state index contributed by atoms with van der Waals surface area (Å²) in [5, 5.41) is 0. The minimum absolute atomic E-state index is 0.412. The van der Waals surface area contributed by atoms with E-state index in [2.05, 4.69) is 31.2 Å². The molecule has 0 heterocycles. The van der Waals surface area contributed by atoms with E-state index in [4.69, 9.17) is 5.73 Å². The van der Waals surface area contributed by atoms with Crippen molar-refractivity contribution in [2.75, 3.05) is 0 Å². The van der Waals surface area contributed by atoms with E-state index >= 15 is 0 Å². The standard InChI is InChI=1S/C16H23N/c1-11-13(9-10-16(11)17)15-8-3-2-7-14(15)12-5-4-6-12/h2-3,7-8,11-13,16H,4-6,9-10,17H2,1H3. The van der Waals surface area contributed by atoms with Gasteiger partial charge in [-0.15, -0.1) is 0 Å². The van der Waals surface area contributed by atoms with Crippen molar-refractivity contribution in [2.24, 2.45) is 11.7 Å². The smallest absolute Gasteiger partial charge is 0.00705 e. The van der Waals surface area contributed by atoms with Crippen LogP contribution < -0.4 is 5.73 Å². The largest absolute Gasteiger partial charge is 0.327 e. The molecule has 0 amide bonds. The fraction of sp³-hybridized carbons (Fsp3) is 0.625. The van der Waals surface area contributed by atoms with Gasteiger partial charge in [-0.25, -0.2) is 0 Å². The minimum Gasteiger partial charge on any atom is -0.327 e. The Hall–Kier alpha value is -0.820. The molecular formula is C16H23N. The number of nitrogens with two attached hydrogens (primary N) is 1. The summed E-state index contributed by atoms with van der Waals surface area (Å²) in [4.78, 5) is 0. The predicted molar refractivity (Wildman–Crippen MR) is 72.1 cm³/mol. The Balaban J connectivity index is 1.91. The maximum atomic E-state index is 6.18. The molecule has 0 saturated heterocycles. The lowest BCUT2D eigenvalue weighted by atomic mass is 9.74. The maximum absolute atomic E-state index is 6.18. The van der Waals surface area contributed by atoms with Crippen molar-refractivity contribution >= 4 is 0 Å². The average Bonchev–Trinajstić information content (AvgIpc) is 2.59. The fourth-order valence-corrected chi connectivity index (χ4v) is 3.57. The molecule has 92 valence electrons. The Morgan fingerprint density at radius 1 is 1.00 bits per heavy atom. The molecule has 0 radical (unpaired) electrons. The highest BCUT2D eigenvalue weighted by Gasteiger charge is 2.34. The van der Waals surface area contributed by atoms with Crippen molar-refractivity contribution < 1.29 is 0 Å². The second kappa shape index (κ2) is 4.45. The molecule has 1 heteroatoms. The van der Waals surface area contributed by atoms with Crippen molar-refractivity contribution in [3.05, 3.63) is 35.4 Å². The van der Waals surface area contributed by atoms with Gasteiger partial charge in [0.1, 0.15) is 0 Å². The molecule has 3 unspecified atom stereocenters. The highest BCUT2D eigenvalue weighted by atomic mass is 14.7. The lowest BCUT2D eigenvalue weighted by Crippen LogP contribution is -2.25. The Bertz CT molecular complexity index is 394. The summed E-state index contributed by atoms with van der Waals surface area (Å²) in [6.07, 6.45) is 6.68. The summed E-state index contributed by atoms with van der Waals surface area (Å²) in [7, 11) is 0. The molecule has 3 rings (SSSR count). The summed E-state index contributed by atoms with van der Waals surface area (Å²) in [6, 6.07) is 9.53. The van der Waals surface area contributed by atoms with Crippen LogP contribution in [0, 0.1) is 5.92 Å². The van der Waals surface area contributed by atoms with Crippen LogP contribution in [0.25, 0.3) is 0 Å². The quantitative estimate of drug-likeness (QED) is 0.820. The van der Waals surface area contributed by atoms with Crippen molar-refractivity contribution in [1.29, 1.82) is 0 Å². The number of hydrogen-bond donors (Lipinski definition) is 1. The van der Waals surface area contributed by atoms with E-state index in [1.807, 2.05) is 0 Å². The third kappa shape index (κ3) is 1.91. The van der Waals surface area contributed by atoms with Gasteiger partial charge in [-0.2, -0.15) is 0 Å². The Morgan fingerprint density at radius 3 is 2.24 bits per heavy atom. The molecule has 1 aromatic carbocycles. The summed E-state index contributed by atoms with van der Waals surface area (Å²) < 4.78 is 0. The molecular weight excluding hydrogens is 206 g/mol. The minimum atomic E-state index is 0.412. The first-order valence-corrected chi connectivity index (χ1v) is 7.12. The van der Waals surface area contributed by atoms with Gasteiger partial charge in [0.25, 0.3) is 0 Å². The van der Waals surface area contributed by atoms with Crippen LogP contribution in [0.1, 0.15) is 62.0 Å². The van der Waals surface area contributed by atoms with Crippen molar-refractivity contribution in [3.8, 4) is 0 Å². The molecule has 0 aliphatic heterocycles. The Kier molecular flexibility index (Phi) is 2.96. The zero-order valence-electron chi connectivity index (χ0n) is 10.7. The summed E-state index contributed by atoms with van der Waals surface area (Å²) in [6.45, 7) is 2.33. The van der Waals surface area contributed by atoms with Gasteiger partial charge in [0, 0.05) is 6.04 Å². The van der Waals surface area contributed by atoms with Gasteiger partial charge in [0.05, 0.1) is 0 Å². The van der Waals surface area contributed by atoms with Crippen molar-refractivity contribution in [2.45, 2.75) is 56.9 Å². The normalized spacial score (nSPS) is 33.6. The topological polar surface area (TPSA) is 26.0 Å². The third-order valence-corrected chi connectivity index (χ3v) is 5.06. The van der Waals surface area contributed by atoms with E-state index in [0.29, 0.717) is 17.9 Å². The van der Waals surface area contributed by atoms with E-state index in [0.717, 1.165) is 5.92 Å². The van der Waals surface area contributed by atoms with Crippen LogP contribution in [0.2, 0.25) is 0 Å². The summed E-state index contributed by atoms with van der Waals surface area (Å²) >= 11 is 0. The summed E-state index contributed by atoms with van der Waals surface area (Å²) in [5.74, 6) is 2.20. The number of rotatable bonds is 2. The highest BCUT2D eigenvalue weighted by molar-refractivity contribution is 5.35. The average molecular weight is 229 g/mol. The second-order valence-electron chi connectivity index (χ2n) is 5.96. The van der Waals surface area contributed by atoms with Crippen LogP contribution in [0.4, 0.5) is 0 Å². The molecule has 2 saturated carbocycles. The molecule has 1 aromatic rings. The molecule has 2 aliphatic carbocycles. The highest BCUT2D eigenvalue weighted by Crippen LogP contribution is 2.45. The molecule has 2 N–H and O–H groups in total. The van der Waals surface area contributed by atoms with E-state index in [1.54, 1.807) is 11.1 Å². The number of hydrogen-bond acceptors (Lipinski definition) is 1. The van der Waals surface area contributed by atoms with E-state index < -0.39 is 0 Å². The lowest BCUT2D eigenvalue weighted by molar-refractivity contribution is 0.408. The van der Waals surface area contributed by atoms with Crippen LogP contribution in [-0.2, 0) is 0 Å². The molecule has 1 nitrogen and oxygen atoms in total. The number of benzene rings is 1. The summed E-state index contributed by atoms with van der Waals surface area (Å²) in [5.41, 5.74) is 9.42. The zero-order valence-corrected chi connectivity index (χ0v) is 10.7. The molecule has 3 atom stereocenters. The van der Waals surface area contributed by atoms with Crippen LogP contribution in [0.15, 0.2) is 24.3 Å². The van der Waals surface area contributed by atoms with E-state index in [-0.39, 0.29) is 0 Å². The van der Waals surface area contributed by atoms with Crippen LogP contribution in [0.5, 0.6) is 0 Å². The van der Waals surface area contributed by atoms with Gasteiger partial charge in [-0.1, -0.05) is 37.6 Å². The second-order valence-corrected chi connectivity index (χ2v) is 5.96. The monoisotopic (exact) mass is 229 g/mol. The maximum Gasteiger partial charge on any atom is 0.00705 e. The van der Waals surface area contributed by atoms with Gasteiger partial charge in [-0.05, 0) is 54.6 Å². The van der Waals surface area contributed by atoms with Gasteiger partial charge >= 0.3 is 0 Å². The van der Waals surface area contributed by atoms with Gasteiger partial charge in [0.15, 0.2) is 0 Å². The SMILES string of the molecule is CC1C(N)CCC1c1ccccc1C1CCC1. The van der Waals surface area contributed by atoms with Crippen molar-refractivity contribution in [3.63, 3.8) is 0 Å². The first-order valence-electron chi connectivity index (χ1n) is 7.12. The fourth-order valence-electron chi connectivity index (χ4n) is 3.57. The molecule has 0 spiro atoms. The third-order valence-electron chi connectivity index (χ3n) is 5.06. The zero-order chi connectivity index (χ0) is 11.8. The molecule has 17 heavy (non-hydrogen) atoms. The molecule has 2 aliphatic rings. The van der Waals surface area contributed by atoms with Crippen molar-refractivity contribution in [1.82, 2.24) is 0 Å². The molecule has 0 aromatic heterocycles.